The topological polar surface area (TPSA) is 28.5 Å². The normalized spacial score (nSPS) is 14.7. The maximum absolute atomic E-state index is 13.2. The molecule has 0 atom stereocenters. The van der Waals surface area contributed by atoms with Gasteiger partial charge in [-0.3, -0.25) is 4.79 Å². The molecule has 5 heteroatoms. The molecule has 1 aliphatic heterocycles. The number of rotatable bonds is 5. The predicted molar refractivity (Wildman–Crippen MR) is 114 cm³/mol. The molecule has 2 heterocycles. The summed E-state index contributed by atoms with van der Waals surface area (Å²) in [6.07, 6.45) is 3.78. The Labute approximate surface area is 171 Å². The molecule has 0 N–H and O–H groups in total. The molecule has 4 nitrogen and oxygen atoms in total. The van der Waals surface area contributed by atoms with Gasteiger partial charge in [0.1, 0.15) is 11.5 Å². The highest BCUT2D eigenvalue weighted by atomic mass is 19.1. The fourth-order valence-corrected chi connectivity index (χ4v) is 3.89. The molecule has 0 bridgehead atoms. The van der Waals surface area contributed by atoms with Crippen molar-refractivity contribution < 1.29 is 9.18 Å². The molecule has 0 unspecified atom stereocenters. The highest BCUT2D eigenvalue weighted by Crippen LogP contribution is 2.18. The van der Waals surface area contributed by atoms with Gasteiger partial charge in [-0.05, 0) is 54.8 Å². The smallest absolute Gasteiger partial charge is 0.270 e. The highest BCUT2D eigenvalue weighted by Gasteiger charge is 2.22. The van der Waals surface area contributed by atoms with Crippen molar-refractivity contribution >= 4 is 11.6 Å². The van der Waals surface area contributed by atoms with Crippen molar-refractivity contribution in [2.45, 2.75) is 19.4 Å². The third-order valence-electron chi connectivity index (χ3n) is 5.51. The first-order chi connectivity index (χ1) is 14.2. The van der Waals surface area contributed by atoms with E-state index in [1.165, 1.54) is 17.7 Å². The number of hydrogen-bond acceptors (Lipinski definition) is 2. The van der Waals surface area contributed by atoms with Crippen LogP contribution in [0.4, 0.5) is 10.1 Å². The second kappa shape index (κ2) is 8.95. The van der Waals surface area contributed by atoms with Crippen LogP contribution < -0.4 is 4.90 Å². The lowest BCUT2D eigenvalue weighted by atomic mass is 10.1. The number of anilines is 1. The summed E-state index contributed by atoms with van der Waals surface area (Å²) >= 11 is 0. The number of hydrogen-bond donors (Lipinski definition) is 0. The van der Waals surface area contributed by atoms with Gasteiger partial charge < -0.3 is 14.4 Å². The minimum atomic E-state index is -0.225. The quantitative estimate of drug-likeness (QED) is 0.651. The Morgan fingerprint density at radius 3 is 2.45 bits per heavy atom. The lowest BCUT2D eigenvalue weighted by molar-refractivity contribution is 0.0756. The van der Waals surface area contributed by atoms with Gasteiger partial charge >= 0.3 is 0 Å². The summed E-state index contributed by atoms with van der Waals surface area (Å²) in [5.41, 5.74) is 3.02. The number of halogens is 1. The van der Waals surface area contributed by atoms with Crippen LogP contribution in [0.15, 0.2) is 72.9 Å². The van der Waals surface area contributed by atoms with E-state index in [4.69, 9.17) is 0 Å². The Morgan fingerprint density at radius 1 is 0.862 bits per heavy atom. The molecule has 4 rings (SSSR count). The average molecular weight is 391 g/mol. The van der Waals surface area contributed by atoms with Crippen molar-refractivity contribution in [1.82, 2.24) is 9.47 Å². The van der Waals surface area contributed by atoms with Gasteiger partial charge in [-0.25, -0.2) is 4.39 Å². The molecular formula is C24H26FN3O. The molecule has 1 fully saturated rings. The van der Waals surface area contributed by atoms with Gasteiger partial charge in [0.05, 0.1) is 0 Å². The molecule has 1 amide bonds. The number of amides is 1. The van der Waals surface area contributed by atoms with E-state index in [0.29, 0.717) is 6.54 Å². The summed E-state index contributed by atoms with van der Waals surface area (Å²) in [6, 6.07) is 20.8. The average Bonchev–Trinajstić information content (AvgIpc) is 3.09. The number of aryl methyl sites for hydroxylation is 2. The monoisotopic (exact) mass is 391 g/mol. The van der Waals surface area contributed by atoms with Crippen molar-refractivity contribution in [3.8, 4) is 0 Å². The number of benzene rings is 2. The van der Waals surface area contributed by atoms with Crippen LogP contribution in [0.25, 0.3) is 0 Å². The highest BCUT2D eigenvalue weighted by molar-refractivity contribution is 5.92. The number of carbonyl (C=O) groups is 1. The van der Waals surface area contributed by atoms with E-state index < -0.39 is 0 Å². The van der Waals surface area contributed by atoms with Gasteiger partial charge in [-0.15, -0.1) is 0 Å². The summed E-state index contributed by atoms with van der Waals surface area (Å²) < 4.78 is 15.2. The third-order valence-corrected chi connectivity index (χ3v) is 5.51. The van der Waals surface area contributed by atoms with E-state index in [1.54, 1.807) is 0 Å². The fraction of sp³-hybridized carbons (Fsp3) is 0.292. The van der Waals surface area contributed by atoms with Gasteiger partial charge in [0.2, 0.25) is 0 Å². The molecule has 29 heavy (non-hydrogen) atoms. The van der Waals surface area contributed by atoms with Crippen LogP contribution in [-0.4, -0.2) is 41.6 Å². The second-order valence-electron chi connectivity index (χ2n) is 7.43. The molecule has 1 aliphatic rings. The molecule has 150 valence electrons. The van der Waals surface area contributed by atoms with Crippen molar-refractivity contribution in [2.75, 3.05) is 31.1 Å². The zero-order valence-corrected chi connectivity index (χ0v) is 16.5. The van der Waals surface area contributed by atoms with Crippen LogP contribution >= 0.6 is 0 Å². The largest absolute Gasteiger partial charge is 0.370 e. The molecule has 3 aromatic rings. The van der Waals surface area contributed by atoms with Crippen LogP contribution in [-0.2, 0) is 13.0 Å². The van der Waals surface area contributed by atoms with E-state index in [2.05, 4.69) is 21.6 Å². The zero-order chi connectivity index (χ0) is 20.1. The van der Waals surface area contributed by atoms with Crippen LogP contribution in [0.5, 0.6) is 0 Å². The maximum atomic E-state index is 13.2. The maximum Gasteiger partial charge on any atom is 0.270 e. The minimum Gasteiger partial charge on any atom is -0.370 e. The minimum absolute atomic E-state index is 0.0871. The lowest BCUT2D eigenvalue weighted by Gasteiger charge is -2.24. The molecule has 1 saturated heterocycles. The number of aromatic nitrogens is 1. The van der Waals surface area contributed by atoms with Crippen LogP contribution in [0.2, 0.25) is 0 Å². The lowest BCUT2D eigenvalue weighted by Crippen LogP contribution is -2.36. The van der Waals surface area contributed by atoms with E-state index >= 15 is 0 Å². The first-order valence-electron chi connectivity index (χ1n) is 10.2. The van der Waals surface area contributed by atoms with Crippen LogP contribution in [0.3, 0.4) is 0 Å². The standard InChI is InChI=1S/C24H26FN3O/c25-21-9-11-22(12-10-21)26-15-5-16-28(19-18-26)24(29)23-8-4-14-27(23)17-13-20-6-2-1-3-7-20/h1-4,6-12,14H,5,13,15-19H2. The van der Waals surface area contributed by atoms with E-state index in [0.717, 1.165) is 50.4 Å². The van der Waals surface area contributed by atoms with Gasteiger partial charge in [-0.1, -0.05) is 30.3 Å². The zero-order valence-electron chi connectivity index (χ0n) is 16.5. The van der Waals surface area contributed by atoms with Crippen molar-refractivity contribution in [3.05, 3.63) is 90.0 Å². The van der Waals surface area contributed by atoms with Crippen LogP contribution in [0, 0.1) is 5.82 Å². The molecule has 2 aromatic carbocycles. The van der Waals surface area contributed by atoms with E-state index in [-0.39, 0.29) is 11.7 Å². The fourth-order valence-electron chi connectivity index (χ4n) is 3.89. The van der Waals surface area contributed by atoms with Gasteiger partial charge in [0.25, 0.3) is 5.91 Å². The molecule has 0 spiro atoms. The molecular weight excluding hydrogens is 365 g/mol. The Balaban J connectivity index is 1.40. The summed E-state index contributed by atoms with van der Waals surface area (Å²) in [6.45, 7) is 3.81. The second-order valence-corrected chi connectivity index (χ2v) is 7.43. The Hall–Kier alpha value is -3.08. The summed E-state index contributed by atoms with van der Waals surface area (Å²) in [4.78, 5) is 17.3. The molecule has 0 saturated carbocycles. The van der Waals surface area contributed by atoms with Gasteiger partial charge in [-0.2, -0.15) is 0 Å². The number of nitrogens with zero attached hydrogens (tertiary/aromatic N) is 3. The third kappa shape index (κ3) is 4.67. The van der Waals surface area contributed by atoms with Crippen molar-refractivity contribution in [1.29, 1.82) is 0 Å². The summed E-state index contributed by atoms with van der Waals surface area (Å²) in [5, 5.41) is 0. The van der Waals surface area contributed by atoms with Gasteiger partial charge in [0, 0.05) is 44.6 Å². The first kappa shape index (κ1) is 19.2. The Kier molecular flexibility index (Phi) is 5.94. The van der Waals surface area contributed by atoms with Crippen LogP contribution in [0.1, 0.15) is 22.5 Å². The Morgan fingerprint density at radius 2 is 1.66 bits per heavy atom. The molecule has 0 radical (unpaired) electrons. The SMILES string of the molecule is O=C(c1cccn1CCc1ccccc1)N1CCCN(c2ccc(F)cc2)CC1. The van der Waals surface area contributed by atoms with E-state index in [9.17, 15) is 9.18 Å². The molecule has 1 aromatic heterocycles. The van der Waals surface area contributed by atoms with E-state index in [1.807, 2.05) is 53.6 Å². The van der Waals surface area contributed by atoms with Gasteiger partial charge in [0.15, 0.2) is 0 Å². The van der Waals surface area contributed by atoms with Crippen molar-refractivity contribution in [3.63, 3.8) is 0 Å². The summed E-state index contributed by atoms with van der Waals surface area (Å²) in [5.74, 6) is -0.138. The predicted octanol–water partition coefficient (Wildman–Crippen LogP) is 4.22. The summed E-state index contributed by atoms with van der Waals surface area (Å²) in [7, 11) is 0. The number of carbonyl (C=O) groups excluding carboxylic acids is 1. The first-order valence-corrected chi connectivity index (χ1v) is 10.2. The van der Waals surface area contributed by atoms with Crippen molar-refractivity contribution in [2.24, 2.45) is 0 Å². The Bertz CT molecular complexity index is 936. The molecule has 0 aliphatic carbocycles.